The van der Waals surface area contributed by atoms with Crippen LogP contribution in [0.15, 0.2) is 0 Å². The van der Waals surface area contributed by atoms with E-state index in [9.17, 15) is 4.79 Å². The largest absolute Gasteiger partial charge is 0.356 e. The lowest BCUT2D eigenvalue weighted by atomic mass is 9.85. The van der Waals surface area contributed by atoms with Crippen molar-refractivity contribution in [2.24, 2.45) is 11.8 Å². The number of hydrogen-bond acceptors (Lipinski definition) is 5. The van der Waals surface area contributed by atoms with E-state index < -0.39 is 0 Å². The van der Waals surface area contributed by atoms with Gasteiger partial charge in [0.25, 0.3) is 0 Å². The molecule has 0 spiro atoms. The van der Waals surface area contributed by atoms with Crippen LogP contribution in [0, 0.1) is 5.92 Å². The normalized spacial score (nSPS) is 25.8. The van der Waals surface area contributed by atoms with Crippen LogP contribution in [0.5, 0.6) is 0 Å². The van der Waals surface area contributed by atoms with Gasteiger partial charge >= 0.3 is 5.97 Å². The van der Waals surface area contributed by atoms with Crippen molar-refractivity contribution in [3.05, 3.63) is 0 Å². The molecule has 0 heterocycles. The number of nitrogens with zero attached hydrogens (tertiary/aromatic N) is 1. The van der Waals surface area contributed by atoms with Gasteiger partial charge in [0.2, 0.25) is 0 Å². The smallest absolute Gasteiger partial charge is 0.327 e. The molecule has 1 fully saturated rings. The number of carbonyl (C=O) groups is 1. The van der Waals surface area contributed by atoms with Gasteiger partial charge in [0.05, 0.1) is 6.42 Å². The van der Waals surface area contributed by atoms with Crippen molar-refractivity contribution in [3.8, 4) is 0 Å². The van der Waals surface area contributed by atoms with Crippen LogP contribution in [0.2, 0.25) is 0 Å². The summed E-state index contributed by atoms with van der Waals surface area (Å²) in [6.45, 7) is 3.02. The highest BCUT2D eigenvalue weighted by atomic mass is 16.7. The first-order valence-corrected chi connectivity index (χ1v) is 6.00. The zero-order chi connectivity index (χ0) is 12.0. The molecule has 2 atom stereocenters. The molecular weight excluding hydrogens is 206 g/mol. The van der Waals surface area contributed by atoms with E-state index in [1.165, 1.54) is 25.7 Å². The molecule has 1 saturated carbocycles. The Bertz CT molecular complexity index is 223. The number of nitrogens with two attached hydrogens (primary N) is 1. The van der Waals surface area contributed by atoms with Crippen molar-refractivity contribution in [2.75, 3.05) is 13.6 Å². The van der Waals surface area contributed by atoms with Gasteiger partial charge in [0.1, 0.15) is 0 Å². The number of carbonyl (C=O) groups excluding carboxylic acids is 1. The molecule has 0 amide bonds. The molecule has 94 valence electrons. The van der Waals surface area contributed by atoms with E-state index in [4.69, 9.17) is 5.84 Å². The zero-order valence-electron chi connectivity index (χ0n) is 10.2. The maximum absolute atomic E-state index is 11.1. The molecule has 1 aliphatic rings. The molecule has 5 nitrogen and oxygen atoms in total. The first-order valence-electron chi connectivity index (χ1n) is 6.00. The number of nitrogens with one attached hydrogen (secondary N) is 1. The molecule has 0 bridgehead atoms. The van der Waals surface area contributed by atoms with E-state index in [-0.39, 0.29) is 5.97 Å². The quantitative estimate of drug-likeness (QED) is 0.539. The topological polar surface area (TPSA) is 67.6 Å². The molecule has 3 N–H and O–H groups in total. The van der Waals surface area contributed by atoms with Crippen LogP contribution in [0.25, 0.3) is 0 Å². The van der Waals surface area contributed by atoms with Gasteiger partial charge in [-0.25, -0.2) is 5.84 Å². The van der Waals surface area contributed by atoms with Gasteiger partial charge in [-0.2, -0.15) is 0 Å². The molecular formula is C11H23N3O2. The van der Waals surface area contributed by atoms with Gasteiger partial charge in [0.15, 0.2) is 0 Å². The van der Waals surface area contributed by atoms with Crippen LogP contribution in [0.3, 0.4) is 0 Å². The fourth-order valence-corrected chi connectivity index (χ4v) is 2.50. The second kappa shape index (κ2) is 6.83. The van der Waals surface area contributed by atoms with Crippen LogP contribution >= 0.6 is 0 Å². The minimum atomic E-state index is -0.308. The van der Waals surface area contributed by atoms with Crippen molar-refractivity contribution in [3.63, 3.8) is 0 Å². The molecule has 0 aliphatic heterocycles. The molecule has 0 aromatic rings. The number of hydrogen-bond donors (Lipinski definition) is 2. The molecule has 1 rings (SSSR count). The third-order valence-corrected chi connectivity index (χ3v) is 3.47. The summed E-state index contributed by atoms with van der Waals surface area (Å²) >= 11 is 0. The SMILES string of the molecule is CC1CCCCC1N(C)CCC(=O)ONN. The predicted molar refractivity (Wildman–Crippen MR) is 62.1 cm³/mol. The minimum Gasteiger partial charge on any atom is -0.356 e. The van der Waals surface area contributed by atoms with Crippen molar-refractivity contribution >= 4 is 5.97 Å². The lowest BCUT2D eigenvalue weighted by Gasteiger charge is -2.36. The van der Waals surface area contributed by atoms with Crippen LogP contribution in [0.1, 0.15) is 39.0 Å². The lowest BCUT2D eigenvalue weighted by molar-refractivity contribution is -0.151. The summed E-state index contributed by atoms with van der Waals surface area (Å²) in [6, 6.07) is 0.604. The summed E-state index contributed by atoms with van der Waals surface area (Å²) in [7, 11) is 2.08. The summed E-state index contributed by atoms with van der Waals surface area (Å²) in [6.07, 6.45) is 5.55. The van der Waals surface area contributed by atoms with E-state index >= 15 is 0 Å². The molecule has 0 saturated heterocycles. The molecule has 0 radical (unpaired) electrons. The third-order valence-electron chi connectivity index (χ3n) is 3.47. The Kier molecular flexibility index (Phi) is 5.73. The summed E-state index contributed by atoms with van der Waals surface area (Å²) in [4.78, 5) is 17.9. The van der Waals surface area contributed by atoms with E-state index in [0.717, 1.165) is 12.5 Å². The summed E-state index contributed by atoms with van der Waals surface area (Å²) in [5.41, 5.74) is 1.91. The Morgan fingerprint density at radius 1 is 1.50 bits per heavy atom. The van der Waals surface area contributed by atoms with Gasteiger partial charge < -0.3 is 9.74 Å². The Balaban J connectivity index is 2.27. The maximum Gasteiger partial charge on any atom is 0.327 e. The van der Waals surface area contributed by atoms with Crippen LogP contribution < -0.4 is 11.4 Å². The molecule has 16 heavy (non-hydrogen) atoms. The lowest BCUT2D eigenvalue weighted by Crippen LogP contribution is -2.40. The molecule has 0 aromatic heterocycles. The Morgan fingerprint density at radius 2 is 2.19 bits per heavy atom. The van der Waals surface area contributed by atoms with E-state index in [1.54, 1.807) is 0 Å². The second-order valence-electron chi connectivity index (χ2n) is 4.65. The molecule has 5 heteroatoms. The molecule has 2 unspecified atom stereocenters. The average Bonchev–Trinajstić information content (AvgIpc) is 2.27. The fourth-order valence-electron chi connectivity index (χ4n) is 2.50. The highest BCUT2D eigenvalue weighted by Crippen LogP contribution is 2.27. The summed E-state index contributed by atoms with van der Waals surface area (Å²) in [5, 5.41) is 0. The Labute approximate surface area is 97.2 Å². The summed E-state index contributed by atoms with van der Waals surface area (Å²) < 4.78 is 0. The summed E-state index contributed by atoms with van der Waals surface area (Å²) in [5.74, 6) is 5.31. The Morgan fingerprint density at radius 3 is 2.81 bits per heavy atom. The predicted octanol–water partition coefficient (Wildman–Crippen LogP) is 0.809. The van der Waals surface area contributed by atoms with Crippen molar-refractivity contribution in [1.29, 1.82) is 0 Å². The second-order valence-corrected chi connectivity index (χ2v) is 4.65. The standard InChI is InChI=1S/C11H23N3O2/c1-9-5-3-4-6-10(9)14(2)8-7-11(15)16-13-12/h9-10,13H,3-8,12H2,1-2H3. The Hall–Kier alpha value is -0.650. The maximum atomic E-state index is 11.1. The van der Waals surface area contributed by atoms with E-state index in [0.29, 0.717) is 12.5 Å². The van der Waals surface area contributed by atoms with Gasteiger partial charge in [-0.15, -0.1) is 0 Å². The van der Waals surface area contributed by atoms with Crippen molar-refractivity contribution in [2.45, 2.75) is 45.1 Å². The van der Waals surface area contributed by atoms with Gasteiger partial charge in [-0.3, -0.25) is 4.79 Å². The minimum absolute atomic E-state index is 0.308. The molecule has 0 aromatic carbocycles. The van der Waals surface area contributed by atoms with Crippen molar-refractivity contribution in [1.82, 2.24) is 10.5 Å². The van der Waals surface area contributed by atoms with Gasteiger partial charge in [0, 0.05) is 12.6 Å². The third kappa shape index (κ3) is 4.08. The molecule has 1 aliphatic carbocycles. The first-order chi connectivity index (χ1) is 7.65. The highest BCUT2D eigenvalue weighted by molar-refractivity contribution is 5.69. The van der Waals surface area contributed by atoms with Crippen LogP contribution in [-0.4, -0.2) is 30.5 Å². The zero-order valence-corrected chi connectivity index (χ0v) is 10.2. The van der Waals surface area contributed by atoms with Crippen molar-refractivity contribution < 1.29 is 9.63 Å². The number of rotatable bonds is 5. The van der Waals surface area contributed by atoms with Gasteiger partial charge in [-0.1, -0.05) is 25.4 Å². The van der Waals surface area contributed by atoms with E-state index in [1.807, 2.05) is 5.59 Å². The highest BCUT2D eigenvalue weighted by Gasteiger charge is 2.24. The van der Waals surface area contributed by atoms with Gasteiger partial charge in [-0.05, 0) is 25.8 Å². The fraction of sp³-hybridized carbons (Fsp3) is 0.909. The average molecular weight is 229 g/mol. The number of hydrazine groups is 1. The van der Waals surface area contributed by atoms with Crippen LogP contribution in [-0.2, 0) is 9.63 Å². The first kappa shape index (κ1) is 13.4. The van der Waals surface area contributed by atoms with Crippen LogP contribution in [0.4, 0.5) is 0 Å². The monoisotopic (exact) mass is 229 g/mol. The van der Waals surface area contributed by atoms with E-state index in [2.05, 4.69) is 23.7 Å².